The Kier molecular flexibility index (Phi) is 17.7. The summed E-state index contributed by atoms with van der Waals surface area (Å²) in [5.41, 5.74) is -1.95. The largest absolute Gasteiger partial charge is 0.479 e. The molecule has 236 valence electrons. The number of aliphatic carboxylic acids is 1. The van der Waals surface area contributed by atoms with Crippen molar-refractivity contribution >= 4 is 19.5 Å². The van der Waals surface area contributed by atoms with Gasteiger partial charge in [-0.05, 0) is 19.8 Å². The van der Waals surface area contributed by atoms with Gasteiger partial charge in [-0.1, -0.05) is 77.6 Å². The summed E-state index contributed by atoms with van der Waals surface area (Å²) in [6.07, 6.45) is 8.91. The molecular formula is C27H53N2O10P. The lowest BCUT2D eigenvalue weighted by atomic mass is 10.0. The van der Waals surface area contributed by atoms with Crippen LogP contribution in [0.4, 0.5) is 0 Å². The molecular weight excluding hydrogens is 543 g/mol. The topological polar surface area (TPSA) is 206 Å². The van der Waals surface area contributed by atoms with Gasteiger partial charge in [-0.15, -0.1) is 0 Å². The molecule has 0 radical (unpaired) electrons. The molecule has 0 aromatic heterocycles. The van der Waals surface area contributed by atoms with E-state index in [0.29, 0.717) is 6.42 Å². The highest BCUT2D eigenvalue weighted by atomic mass is 31.2. The second kappa shape index (κ2) is 19.2. The number of rotatable bonds is 23. The van der Waals surface area contributed by atoms with Crippen LogP contribution < -0.4 is 10.6 Å². The zero-order valence-corrected chi connectivity index (χ0v) is 25.1. The number of carboxylic acids is 1. The average Bonchev–Trinajstić information content (AvgIpc) is 3.15. The lowest BCUT2D eigenvalue weighted by Gasteiger charge is -2.28. The molecule has 1 rings (SSSR count). The number of unbranched alkanes of at least 4 members (excludes halogenated alkanes) is 11. The van der Waals surface area contributed by atoms with Gasteiger partial charge >= 0.3 is 13.6 Å². The monoisotopic (exact) mass is 596 g/mol. The van der Waals surface area contributed by atoms with E-state index in [9.17, 15) is 44.6 Å². The highest BCUT2D eigenvalue weighted by Gasteiger charge is 2.42. The summed E-state index contributed by atoms with van der Waals surface area (Å²) < 4.78 is 17.5. The van der Waals surface area contributed by atoms with Gasteiger partial charge in [0.05, 0.1) is 43.7 Å². The minimum atomic E-state index is -4.48. The van der Waals surface area contributed by atoms with Crippen molar-refractivity contribution < 1.29 is 49.1 Å². The van der Waals surface area contributed by atoms with Crippen molar-refractivity contribution in [2.45, 2.75) is 140 Å². The molecule has 1 saturated heterocycles. The van der Waals surface area contributed by atoms with Gasteiger partial charge in [0.25, 0.3) is 0 Å². The maximum absolute atomic E-state index is 12.5. The number of carbonyl (C=O) groups excluding carboxylic acids is 1. The van der Waals surface area contributed by atoms with Gasteiger partial charge in [0.15, 0.2) is 5.54 Å². The number of aliphatic hydroxyl groups excluding tert-OH is 4. The van der Waals surface area contributed by atoms with E-state index in [-0.39, 0.29) is 12.8 Å². The van der Waals surface area contributed by atoms with E-state index in [1.807, 2.05) is 0 Å². The summed E-state index contributed by atoms with van der Waals surface area (Å²) in [4.78, 5) is 34.4. The van der Waals surface area contributed by atoms with Crippen LogP contribution in [0.3, 0.4) is 0 Å². The number of hydrogen-bond acceptors (Lipinski definition) is 9. The summed E-state index contributed by atoms with van der Waals surface area (Å²) in [7, 11) is -4.48. The molecule has 0 spiro atoms. The lowest BCUT2D eigenvalue weighted by Crippen LogP contribution is -2.55. The van der Waals surface area contributed by atoms with Gasteiger partial charge < -0.3 is 45.6 Å². The fourth-order valence-corrected chi connectivity index (χ4v) is 6.13. The van der Waals surface area contributed by atoms with Crippen LogP contribution in [-0.4, -0.2) is 97.6 Å². The van der Waals surface area contributed by atoms with Crippen molar-refractivity contribution in [3.63, 3.8) is 0 Å². The number of carboxylic acid groups (broad SMARTS) is 1. The van der Waals surface area contributed by atoms with E-state index < -0.39 is 74.8 Å². The van der Waals surface area contributed by atoms with Crippen LogP contribution >= 0.6 is 7.60 Å². The molecule has 7 atom stereocenters. The first-order valence-electron chi connectivity index (χ1n) is 14.8. The third-order valence-electron chi connectivity index (χ3n) is 7.47. The first kappa shape index (κ1) is 36.9. The van der Waals surface area contributed by atoms with Crippen LogP contribution in [-0.2, 0) is 18.7 Å². The Labute approximate surface area is 238 Å². The van der Waals surface area contributed by atoms with Crippen molar-refractivity contribution in [1.29, 1.82) is 0 Å². The molecule has 1 heterocycles. The molecule has 0 bridgehead atoms. The van der Waals surface area contributed by atoms with Crippen LogP contribution in [0.15, 0.2) is 0 Å². The number of carbonyl (C=O) groups is 2. The Morgan fingerprint density at radius 1 is 0.950 bits per heavy atom. The molecule has 0 aromatic carbocycles. The minimum Gasteiger partial charge on any atom is -0.479 e. The van der Waals surface area contributed by atoms with Crippen LogP contribution in [0.1, 0.15) is 104 Å². The second-order valence-corrected chi connectivity index (χ2v) is 13.2. The first-order valence-corrected chi connectivity index (χ1v) is 16.5. The van der Waals surface area contributed by atoms with E-state index in [0.717, 1.165) is 19.3 Å². The lowest BCUT2D eigenvalue weighted by molar-refractivity contribution is -0.148. The molecule has 40 heavy (non-hydrogen) atoms. The molecule has 1 aliphatic rings. The standard InChI is InChI=1S/C27H53N2O10P/c1-3-4-5-6-7-8-9-10-11-12-13-14-15-23(32)29-27(2,26(35)36)19-39-40(37,38)18-20(31)16-21-24(33)25(34)22(17-30)28-21/h20-22,24-25,28,30-31,33-34H,3-19H2,1-2H3,(H,29,32)(H,35,36)(H,37,38)/t20-,21-,22-,24-,25-,27?/m1/s1. The second-order valence-electron chi connectivity index (χ2n) is 11.4. The Bertz CT molecular complexity index is 788. The van der Waals surface area contributed by atoms with Gasteiger partial charge in [0.1, 0.15) is 0 Å². The Hall–Kier alpha value is -1.11. The third-order valence-corrected chi connectivity index (χ3v) is 8.88. The SMILES string of the molecule is CCCCCCCCCCCCCCC(=O)NC(C)(COP(=O)(O)C[C@H](O)C[C@H]1N[C@H](CO)[C@@H](O)[C@@H]1O)C(=O)O. The number of nitrogens with one attached hydrogen (secondary N) is 2. The molecule has 0 aliphatic carbocycles. The smallest absolute Gasteiger partial charge is 0.331 e. The minimum absolute atomic E-state index is 0.132. The zero-order chi connectivity index (χ0) is 30.2. The summed E-state index contributed by atoms with van der Waals surface area (Å²) in [5.74, 6) is -1.93. The fourth-order valence-electron chi connectivity index (χ4n) is 4.88. The van der Waals surface area contributed by atoms with Crippen LogP contribution in [0, 0.1) is 0 Å². The van der Waals surface area contributed by atoms with E-state index >= 15 is 0 Å². The van der Waals surface area contributed by atoms with Crippen molar-refractivity contribution in [1.82, 2.24) is 10.6 Å². The Morgan fingerprint density at radius 2 is 1.45 bits per heavy atom. The average molecular weight is 597 g/mol. The quantitative estimate of drug-likeness (QED) is 0.0633. The van der Waals surface area contributed by atoms with Gasteiger partial charge in [-0.3, -0.25) is 9.36 Å². The normalized spacial score (nSPS) is 24.8. The maximum atomic E-state index is 12.5. The predicted molar refractivity (Wildman–Crippen MR) is 151 cm³/mol. The van der Waals surface area contributed by atoms with E-state index in [2.05, 4.69) is 17.6 Å². The van der Waals surface area contributed by atoms with E-state index in [4.69, 9.17) is 4.52 Å². The summed E-state index contributed by atoms with van der Waals surface area (Å²) in [6, 6.07) is -1.62. The number of amides is 1. The molecule has 0 aromatic rings. The predicted octanol–water partition coefficient (Wildman–Crippen LogP) is 2.04. The molecule has 0 saturated carbocycles. The van der Waals surface area contributed by atoms with Gasteiger partial charge in [-0.25, -0.2) is 4.79 Å². The van der Waals surface area contributed by atoms with Crippen molar-refractivity contribution in [2.24, 2.45) is 0 Å². The summed E-state index contributed by atoms with van der Waals surface area (Å²) in [6.45, 7) is 2.16. The number of hydrogen-bond donors (Lipinski definition) is 8. The zero-order valence-electron chi connectivity index (χ0n) is 24.2. The van der Waals surface area contributed by atoms with Gasteiger partial charge in [-0.2, -0.15) is 0 Å². The molecule has 1 aliphatic heterocycles. The molecule has 1 amide bonds. The number of aliphatic hydroxyl groups is 4. The van der Waals surface area contributed by atoms with E-state index in [1.54, 1.807) is 0 Å². The van der Waals surface area contributed by atoms with Crippen LogP contribution in [0.5, 0.6) is 0 Å². The van der Waals surface area contributed by atoms with E-state index in [1.165, 1.54) is 58.3 Å². The summed E-state index contributed by atoms with van der Waals surface area (Å²) >= 11 is 0. The van der Waals surface area contributed by atoms with Crippen molar-refractivity contribution in [3.8, 4) is 0 Å². The maximum Gasteiger partial charge on any atom is 0.331 e. The fraction of sp³-hybridized carbons (Fsp3) is 0.926. The van der Waals surface area contributed by atoms with Gasteiger partial charge in [0, 0.05) is 12.5 Å². The molecule has 1 fully saturated rings. The highest BCUT2D eigenvalue weighted by Crippen LogP contribution is 2.44. The van der Waals surface area contributed by atoms with Gasteiger partial charge in [0.2, 0.25) is 5.91 Å². The Morgan fingerprint density at radius 3 is 1.93 bits per heavy atom. The Balaban J connectivity index is 2.34. The highest BCUT2D eigenvalue weighted by molar-refractivity contribution is 7.52. The van der Waals surface area contributed by atoms with Crippen LogP contribution in [0.2, 0.25) is 0 Å². The third kappa shape index (κ3) is 14.2. The molecule has 13 heteroatoms. The first-order chi connectivity index (χ1) is 18.8. The van der Waals surface area contributed by atoms with Crippen LogP contribution in [0.25, 0.3) is 0 Å². The molecule has 2 unspecified atom stereocenters. The summed E-state index contributed by atoms with van der Waals surface area (Å²) in [5, 5.41) is 54.1. The molecule has 8 N–H and O–H groups in total. The molecule has 12 nitrogen and oxygen atoms in total. The van der Waals surface area contributed by atoms with Crippen molar-refractivity contribution in [2.75, 3.05) is 19.4 Å². The van der Waals surface area contributed by atoms with Crippen molar-refractivity contribution in [3.05, 3.63) is 0 Å².